The highest BCUT2D eigenvalue weighted by molar-refractivity contribution is 5.65. The highest BCUT2D eigenvalue weighted by Crippen LogP contribution is 2.24. The standard InChI is InChI=1S/C23H33N3/c1-19-8-4-5-10-22(19)24-23-12-11-21(18-20(23)2)9-6-7-13-26-16-14-25(3)15-17-26/h4-5,8,10-12,18,24H,6-7,9,13-17H2,1-3H3. The number of aryl methyl sites for hydroxylation is 3. The largest absolute Gasteiger partial charge is 0.355 e. The van der Waals surface area contributed by atoms with Crippen LogP contribution in [0, 0.1) is 13.8 Å². The summed E-state index contributed by atoms with van der Waals surface area (Å²) in [4.78, 5) is 5.03. The van der Waals surface area contributed by atoms with Gasteiger partial charge in [-0.2, -0.15) is 0 Å². The number of nitrogens with one attached hydrogen (secondary N) is 1. The van der Waals surface area contributed by atoms with Crippen LogP contribution in [0.5, 0.6) is 0 Å². The van der Waals surface area contributed by atoms with Gasteiger partial charge in [0.05, 0.1) is 0 Å². The lowest BCUT2D eigenvalue weighted by Crippen LogP contribution is -2.44. The molecule has 1 saturated heterocycles. The number of likely N-dealkylation sites (N-methyl/N-ethyl adjacent to an activating group) is 1. The molecule has 3 heteroatoms. The van der Waals surface area contributed by atoms with Crippen molar-refractivity contribution in [2.75, 3.05) is 45.1 Å². The Morgan fingerprint density at radius 2 is 1.58 bits per heavy atom. The molecule has 0 unspecified atom stereocenters. The van der Waals surface area contributed by atoms with E-state index in [0.717, 1.165) is 0 Å². The first-order valence-electron chi connectivity index (χ1n) is 9.95. The molecule has 0 aliphatic carbocycles. The Hall–Kier alpha value is -1.84. The van der Waals surface area contributed by atoms with E-state index in [2.05, 4.69) is 78.5 Å². The van der Waals surface area contributed by atoms with Crippen LogP contribution in [0.2, 0.25) is 0 Å². The van der Waals surface area contributed by atoms with Crippen LogP contribution in [-0.2, 0) is 6.42 Å². The molecule has 0 saturated carbocycles. The molecule has 2 aromatic carbocycles. The molecule has 0 amide bonds. The highest BCUT2D eigenvalue weighted by Gasteiger charge is 2.12. The van der Waals surface area contributed by atoms with Crippen LogP contribution in [0.15, 0.2) is 42.5 Å². The zero-order valence-electron chi connectivity index (χ0n) is 16.6. The maximum atomic E-state index is 3.57. The van der Waals surface area contributed by atoms with Gasteiger partial charge in [0.2, 0.25) is 0 Å². The second kappa shape index (κ2) is 9.20. The monoisotopic (exact) mass is 351 g/mol. The normalized spacial score (nSPS) is 16.0. The molecule has 1 fully saturated rings. The fourth-order valence-electron chi connectivity index (χ4n) is 3.62. The molecule has 1 N–H and O–H groups in total. The minimum atomic E-state index is 1.18. The van der Waals surface area contributed by atoms with Crippen LogP contribution in [0.25, 0.3) is 0 Å². The molecule has 1 heterocycles. The Kier molecular flexibility index (Phi) is 6.70. The van der Waals surface area contributed by atoms with E-state index in [1.165, 1.54) is 80.1 Å². The first kappa shape index (κ1) is 18.9. The van der Waals surface area contributed by atoms with E-state index in [-0.39, 0.29) is 0 Å². The number of anilines is 2. The summed E-state index contributed by atoms with van der Waals surface area (Å²) in [5.74, 6) is 0. The summed E-state index contributed by atoms with van der Waals surface area (Å²) in [6, 6.07) is 15.3. The number of nitrogens with zero attached hydrogens (tertiary/aromatic N) is 2. The SMILES string of the molecule is Cc1ccccc1Nc1ccc(CCCCN2CCN(C)CC2)cc1C. The molecule has 0 bridgehead atoms. The Labute approximate surface area is 159 Å². The van der Waals surface area contributed by atoms with Gasteiger partial charge in [0, 0.05) is 37.6 Å². The van der Waals surface area contributed by atoms with Crippen molar-refractivity contribution in [2.24, 2.45) is 0 Å². The highest BCUT2D eigenvalue weighted by atomic mass is 15.2. The third-order valence-corrected chi connectivity index (χ3v) is 5.49. The van der Waals surface area contributed by atoms with Gasteiger partial charge in [-0.05, 0) is 75.5 Å². The van der Waals surface area contributed by atoms with Crippen molar-refractivity contribution in [3.05, 3.63) is 59.2 Å². The lowest BCUT2D eigenvalue weighted by Gasteiger charge is -2.32. The number of unbranched alkanes of at least 4 members (excludes halogenated alkanes) is 1. The molecule has 3 rings (SSSR count). The zero-order valence-corrected chi connectivity index (χ0v) is 16.6. The van der Waals surface area contributed by atoms with Gasteiger partial charge in [0.15, 0.2) is 0 Å². The number of hydrogen-bond donors (Lipinski definition) is 1. The molecule has 0 aromatic heterocycles. The molecule has 1 aliphatic heterocycles. The van der Waals surface area contributed by atoms with Crippen molar-refractivity contribution in [3.8, 4) is 0 Å². The van der Waals surface area contributed by atoms with E-state index in [0.29, 0.717) is 0 Å². The van der Waals surface area contributed by atoms with Gasteiger partial charge >= 0.3 is 0 Å². The lowest BCUT2D eigenvalue weighted by atomic mass is 10.0. The molecule has 0 spiro atoms. The van der Waals surface area contributed by atoms with E-state index in [4.69, 9.17) is 0 Å². The average molecular weight is 352 g/mol. The molecule has 0 atom stereocenters. The van der Waals surface area contributed by atoms with Crippen LogP contribution in [0.4, 0.5) is 11.4 Å². The van der Waals surface area contributed by atoms with Crippen LogP contribution >= 0.6 is 0 Å². The lowest BCUT2D eigenvalue weighted by molar-refractivity contribution is 0.152. The number of rotatable bonds is 7. The van der Waals surface area contributed by atoms with Gasteiger partial charge in [-0.1, -0.05) is 30.3 Å². The van der Waals surface area contributed by atoms with Gasteiger partial charge in [-0.15, -0.1) is 0 Å². The van der Waals surface area contributed by atoms with Crippen LogP contribution in [0.3, 0.4) is 0 Å². The first-order valence-corrected chi connectivity index (χ1v) is 9.95. The Morgan fingerprint density at radius 1 is 0.846 bits per heavy atom. The van der Waals surface area contributed by atoms with Gasteiger partial charge in [-0.3, -0.25) is 0 Å². The predicted octanol–water partition coefficient (Wildman–Crippen LogP) is 4.62. The second-order valence-electron chi connectivity index (χ2n) is 7.69. The fourth-order valence-corrected chi connectivity index (χ4v) is 3.62. The van der Waals surface area contributed by atoms with Gasteiger partial charge in [0.1, 0.15) is 0 Å². The summed E-state index contributed by atoms with van der Waals surface area (Å²) in [6.45, 7) is 10.5. The quantitative estimate of drug-likeness (QED) is 0.735. The number of para-hydroxylation sites is 1. The Bertz CT molecular complexity index is 702. The predicted molar refractivity (Wildman–Crippen MR) is 113 cm³/mol. The minimum Gasteiger partial charge on any atom is -0.355 e. The molecular weight excluding hydrogens is 318 g/mol. The smallest absolute Gasteiger partial charge is 0.0414 e. The summed E-state index contributed by atoms with van der Waals surface area (Å²) < 4.78 is 0. The van der Waals surface area contributed by atoms with Crippen molar-refractivity contribution >= 4 is 11.4 Å². The van der Waals surface area contributed by atoms with E-state index in [1.54, 1.807) is 0 Å². The third kappa shape index (κ3) is 5.33. The van der Waals surface area contributed by atoms with E-state index in [1.807, 2.05) is 0 Å². The topological polar surface area (TPSA) is 18.5 Å². The molecule has 0 radical (unpaired) electrons. The average Bonchev–Trinajstić information content (AvgIpc) is 2.64. The van der Waals surface area contributed by atoms with Crippen molar-refractivity contribution in [1.82, 2.24) is 9.80 Å². The molecule has 3 nitrogen and oxygen atoms in total. The van der Waals surface area contributed by atoms with Crippen LogP contribution in [0.1, 0.15) is 29.5 Å². The zero-order chi connectivity index (χ0) is 18.4. The Morgan fingerprint density at radius 3 is 2.31 bits per heavy atom. The molecule has 1 aliphatic rings. The van der Waals surface area contributed by atoms with Crippen LogP contribution in [-0.4, -0.2) is 49.6 Å². The summed E-state index contributed by atoms with van der Waals surface area (Å²) in [6.07, 6.45) is 3.75. The maximum Gasteiger partial charge on any atom is 0.0414 e. The van der Waals surface area contributed by atoms with Gasteiger partial charge in [0.25, 0.3) is 0 Å². The molecular formula is C23H33N3. The number of piperazine rings is 1. The van der Waals surface area contributed by atoms with Gasteiger partial charge < -0.3 is 15.1 Å². The van der Waals surface area contributed by atoms with Crippen LogP contribution < -0.4 is 5.32 Å². The number of benzene rings is 2. The van der Waals surface area contributed by atoms with Gasteiger partial charge in [-0.25, -0.2) is 0 Å². The maximum absolute atomic E-state index is 3.57. The van der Waals surface area contributed by atoms with E-state index in [9.17, 15) is 0 Å². The summed E-state index contributed by atoms with van der Waals surface area (Å²) >= 11 is 0. The second-order valence-corrected chi connectivity index (χ2v) is 7.69. The van der Waals surface area contributed by atoms with E-state index >= 15 is 0 Å². The molecule has 140 valence electrons. The van der Waals surface area contributed by atoms with Crippen molar-refractivity contribution in [3.63, 3.8) is 0 Å². The Balaban J connectivity index is 1.46. The minimum absolute atomic E-state index is 1.18. The molecule has 2 aromatic rings. The number of hydrogen-bond acceptors (Lipinski definition) is 3. The van der Waals surface area contributed by atoms with Crippen molar-refractivity contribution < 1.29 is 0 Å². The summed E-state index contributed by atoms with van der Waals surface area (Å²) in [5.41, 5.74) is 6.46. The molecule has 26 heavy (non-hydrogen) atoms. The first-order chi connectivity index (χ1) is 12.6. The van der Waals surface area contributed by atoms with Crippen molar-refractivity contribution in [1.29, 1.82) is 0 Å². The summed E-state index contributed by atoms with van der Waals surface area (Å²) in [5, 5.41) is 3.57. The fraction of sp³-hybridized carbons (Fsp3) is 0.478. The third-order valence-electron chi connectivity index (χ3n) is 5.49. The van der Waals surface area contributed by atoms with E-state index < -0.39 is 0 Å². The van der Waals surface area contributed by atoms with Crippen molar-refractivity contribution in [2.45, 2.75) is 33.1 Å². The summed E-state index contributed by atoms with van der Waals surface area (Å²) in [7, 11) is 2.22.